The van der Waals surface area contributed by atoms with Crippen molar-refractivity contribution in [2.45, 2.75) is 0 Å². The molecule has 0 saturated carbocycles. The van der Waals surface area contributed by atoms with Gasteiger partial charge < -0.3 is 5.32 Å². The average Bonchev–Trinajstić information content (AvgIpc) is 2.60. The first-order chi connectivity index (χ1) is 7.56. The van der Waals surface area contributed by atoms with Crippen molar-refractivity contribution in [3.63, 3.8) is 0 Å². The Bertz CT molecular complexity index is 529. The van der Waals surface area contributed by atoms with E-state index in [0.717, 1.165) is 17.4 Å². The van der Waals surface area contributed by atoms with Gasteiger partial charge in [0, 0.05) is 17.5 Å². The largest absolute Gasteiger partial charge is 0.329 e. The molecule has 1 aromatic heterocycles. The van der Waals surface area contributed by atoms with Gasteiger partial charge in [0.05, 0.1) is 5.69 Å². The molecule has 0 aliphatic rings. The molecule has 1 N–H and O–H groups in total. The smallest absolute Gasteiger partial charge is 0.188 e. The zero-order valence-corrected chi connectivity index (χ0v) is 9.17. The Hall–Kier alpha value is -1.27. The molecule has 1 aromatic carbocycles. The fourth-order valence-corrected chi connectivity index (χ4v) is 1.92. The van der Waals surface area contributed by atoms with Crippen molar-refractivity contribution in [1.29, 1.82) is 0 Å². The molecule has 2 aromatic rings. The van der Waals surface area contributed by atoms with Gasteiger partial charge in [-0.1, -0.05) is 11.6 Å². The third-order valence-corrected chi connectivity index (χ3v) is 2.79. The molecule has 0 unspecified atom stereocenters. The second-order valence-corrected chi connectivity index (χ2v) is 4.09. The molecule has 0 bridgehead atoms. The van der Waals surface area contributed by atoms with Crippen LogP contribution in [-0.4, -0.2) is 4.98 Å². The van der Waals surface area contributed by atoms with E-state index in [0.29, 0.717) is 6.07 Å². The number of halogens is 4. The lowest BCUT2D eigenvalue weighted by atomic mass is 10.3. The Kier molecular flexibility index (Phi) is 3.02. The fourth-order valence-electron chi connectivity index (χ4n) is 1.07. The van der Waals surface area contributed by atoms with E-state index in [4.69, 9.17) is 11.6 Å². The second kappa shape index (κ2) is 4.31. The van der Waals surface area contributed by atoms with E-state index in [1.54, 1.807) is 0 Å². The van der Waals surface area contributed by atoms with E-state index in [1.165, 1.54) is 5.38 Å². The first kappa shape index (κ1) is 11.2. The summed E-state index contributed by atoms with van der Waals surface area (Å²) in [5.74, 6) is -3.29. The van der Waals surface area contributed by atoms with E-state index in [-0.39, 0.29) is 16.0 Å². The number of hydrogen-bond donors (Lipinski definition) is 1. The van der Waals surface area contributed by atoms with Gasteiger partial charge in [-0.2, -0.15) is 0 Å². The van der Waals surface area contributed by atoms with Gasteiger partial charge in [-0.3, -0.25) is 0 Å². The highest BCUT2D eigenvalue weighted by Gasteiger charge is 2.12. The van der Waals surface area contributed by atoms with Crippen molar-refractivity contribution in [3.8, 4) is 0 Å². The summed E-state index contributed by atoms with van der Waals surface area (Å²) in [6.07, 6.45) is 0. The molecule has 0 fully saturated rings. The Morgan fingerprint density at radius 2 is 2.00 bits per heavy atom. The molecule has 0 radical (unpaired) electrons. The molecule has 84 valence electrons. The van der Waals surface area contributed by atoms with Crippen LogP contribution in [0.3, 0.4) is 0 Å². The van der Waals surface area contributed by atoms with E-state index < -0.39 is 17.5 Å². The first-order valence-electron chi connectivity index (χ1n) is 4.09. The van der Waals surface area contributed by atoms with Crippen LogP contribution in [0.1, 0.15) is 0 Å². The number of rotatable bonds is 2. The lowest BCUT2D eigenvalue weighted by Gasteiger charge is -2.04. The molecule has 0 aliphatic carbocycles. The summed E-state index contributed by atoms with van der Waals surface area (Å²) in [6.45, 7) is 0. The van der Waals surface area contributed by atoms with Crippen LogP contribution in [0.2, 0.25) is 5.15 Å². The summed E-state index contributed by atoms with van der Waals surface area (Å²) >= 11 is 6.65. The number of benzene rings is 1. The summed E-state index contributed by atoms with van der Waals surface area (Å²) in [5.41, 5.74) is -0.316. The normalized spacial score (nSPS) is 10.5. The third-order valence-electron chi connectivity index (χ3n) is 1.71. The number of nitrogens with one attached hydrogen (secondary N) is 1. The van der Waals surface area contributed by atoms with Gasteiger partial charge >= 0.3 is 0 Å². The van der Waals surface area contributed by atoms with E-state index in [2.05, 4.69) is 10.3 Å². The molecule has 1 heterocycles. The van der Waals surface area contributed by atoms with Crippen molar-refractivity contribution in [3.05, 3.63) is 40.1 Å². The number of nitrogens with zero attached hydrogens (tertiary/aromatic N) is 1. The van der Waals surface area contributed by atoms with Gasteiger partial charge in [-0.05, 0) is 0 Å². The van der Waals surface area contributed by atoms with E-state index in [1.807, 2.05) is 0 Å². The fraction of sp³-hybridized carbons (Fsp3) is 0. The molecule has 0 saturated heterocycles. The summed E-state index contributed by atoms with van der Waals surface area (Å²) in [6, 6.07) is 1.31. The maximum absolute atomic E-state index is 13.2. The van der Waals surface area contributed by atoms with Gasteiger partial charge in [0.25, 0.3) is 0 Å². The van der Waals surface area contributed by atoms with Gasteiger partial charge in [0.15, 0.2) is 16.8 Å². The predicted octanol–water partition coefficient (Wildman–Crippen LogP) is 3.96. The van der Waals surface area contributed by atoms with Gasteiger partial charge in [-0.25, -0.2) is 18.2 Å². The lowest BCUT2D eigenvalue weighted by Crippen LogP contribution is -1.97. The minimum atomic E-state index is -1.26. The quantitative estimate of drug-likeness (QED) is 0.831. The Morgan fingerprint density at radius 3 is 2.62 bits per heavy atom. The topological polar surface area (TPSA) is 24.9 Å². The summed E-state index contributed by atoms with van der Waals surface area (Å²) in [5, 5.41) is 4.44. The van der Waals surface area contributed by atoms with Crippen LogP contribution >= 0.6 is 22.9 Å². The monoisotopic (exact) mass is 264 g/mol. The SMILES string of the molecule is Fc1cc(F)c(F)c(Nc2nc(Cl)cs2)c1. The van der Waals surface area contributed by atoms with Crippen LogP contribution in [0, 0.1) is 17.5 Å². The number of anilines is 2. The molecule has 0 amide bonds. The molecule has 2 nitrogen and oxygen atoms in total. The zero-order chi connectivity index (χ0) is 11.7. The minimum absolute atomic E-state index is 0.227. The average molecular weight is 265 g/mol. The van der Waals surface area contributed by atoms with E-state index >= 15 is 0 Å². The van der Waals surface area contributed by atoms with Gasteiger partial charge in [-0.15, -0.1) is 11.3 Å². The molecule has 2 rings (SSSR count). The standard InChI is InChI=1S/C9H4ClF3N2S/c10-7-3-16-9(15-7)14-6-2-4(11)1-5(12)8(6)13/h1-3H,(H,14,15). The van der Waals surface area contributed by atoms with Crippen molar-refractivity contribution in [1.82, 2.24) is 4.98 Å². The summed E-state index contributed by atoms with van der Waals surface area (Å²) in [4.78, 5) is 3.77. The predicted molar refractivity (Wildman–Crippen MR) is 56.7 cm³/mol. The molecular formula is C9H4ClF3N2S. The molecular weight excluding hydrogens is 261 g/mol. The zero-order valence-electron chi connectivity index (χ0n) is 7.60. The third kappa shape index (κ3) is 2.28. The van der Waals surface area contributed by atoms with Crippen molar-refractivity contribution >= 4 is 33.8 Å². The van der Waals surface area contributed by atoms with Crippen molar-refractivity contribution in [2.75, 3.05) is 5.32 Å². The van der Waals surface area contributed by atoms with Crippen molar-refractivity contribution in [2.24, 2.45) is 0 Å². The highest BCUT2D eigenvalue weighted by Crippen LogP contribution is 2.26. The Labute approximate surface area is 97.7 Å². The summed E-state index contributed by atoms with van der Waals surface area (Å²) < 4.78 is 38.9. The number of hydrogen-bond acceptors (Lipinski definition) is 3. The van der Waals surface area contributed by atoms with Crippen LogP contribution in [-0.2, 0) is 0 Å². The van der Waals surface area contributed by atoms with E-state index in [9.17, 15) is 13.2 Å². The van der Waals surface area contributed by atoms with Crippen LogP contribution in [0.15, 0.2) is 17.5 Å². The maximum Gasteiger partial charge on any atom is 0.188 e. The van der Waals surface area contributed by atoms with Crippen LogP contribution in [0.4, 0.5) is 24.0 Å². The minimum Gasteiger partial charge on any atom is -0.329 e. The molecule has 0 aliphatic heterocycles. The van der Waals surface area contributed by atoms with Gasteiger partial charge in [0.1, 0.15) is 11.0 Å². The van der Waals surface area contributed by atoms with Crippen LogP contribution in [0.5, 0.6) is 0 Å². The molecule has 0 spiro atoms. The first-order valence-corrected chi connectivity index (χ1v) is 5.34. The number of aromatic nitrogens is 1. The highest BCUT2D eigenvalue weighted by atomic mass is 35.5. The van der Waals surface area contributed by atoms with Crippen LogP contribution < -0.4 is 5.32 Å². The van der Waals surface area contributed by atoms with Gasteiger partial charge in [0.2, 0.25) is 0 Å². The number of thiazole rings is 1. The lowest BCUT2D eigenvalue weighted by molar-refractivity contribution is 0.498. The van der Waals surface area contributed by atoms with Crippen LogP contribution in [0.25, 0.3) is 0 Å². The summed E-state index contributed by atoms with van der Waals surface area (Å²) in [7, 11) is 0. The maximum atomic E-state index is 13.2. The second-order valence-electron chi connectivity index (χ2n) is 2.85. The molecule has 0 atom stereocenters. The molecule has 7 heteroatoms. The Balaban J connectivity index is 2.34. The highest BCUT2D eigenvalue weighted by molar-refractivity contribution is 7.14. The molecule has 16 heavy (non-hydrogen) atoms. The van der Waals surface area contributed by atoms with Crippen molar-refractivity contribution < 1.29 is 13.2 Å². The Morgan fingerprint density at radius 1 is 1.25 bits per heavy atom.